The minimum atomic E-state index is -1.32. The summed E-state index contributed by atoms with van der Waals surface area (Å²) in [5, 5.41) is 21.3. The molecule has 3 N–H and O–H groups in total. The van der Waals surface area contributed by atoms with Gasteiger partial charge in [-0.2, -0.15) is 0 Å². The Kier molecular flexibility index (Phi) is 3.66. The molecule has 0 amide bonds. The second kappa shape index (κ2) is 5.39. The molecule has 98 valence electrons. The van der Waals surface area contributed by atoms with Crippen molar-refractivity contribution in [3.63, 3.8) is 0 Å². The average molecular weight is 261 g/mol. The average Bonchev–Trinajstić information content (AvgIpc) is 2.39. The number of halogens is 1. The Balaban J connectivity index is 2.14. The molecule has 0 unspecified atom stereocenters. The lowest BCUT2D eigenvalue weighted by Crippen LogP contribution is -2.04. The predicted molar refractivity (Wildman–Crippen MR) is 68.8 cm³/mol. The van der Waals surface area contributed by atoms with Crippen LogP contribution in [0.2, 0.25) is 0 Å². The fourth-order valence-electron chi connectivity index (χ4n) is 1.66. The summed E-state index contributed by atoms with van der Waals surface area (Å²) in [6.45, 7) is 0.317. The van der Waals surface area contributed by atoms with E-state index >= 15 is 0 Å². The van der Waals surface area contributed by atoms with Crippen molar-refractivity contribution in [1.82, 2.24) is 0 Å². The van der Waals surface area contributed by atoms with E-state index in [1.54, 1.807) is 24.3 Å². The second-order valence-electron chi connectivity index (χ2n) is 3.98. The first-order chi connectivity index (χ1) is 9.08. The van der Waals surface area contributed by atoms with E-state index in [9.17, 15) is 14.3 Å². The van der Waals surface area contributed by atoms with Crippen LogP contribution in [0.4, 0.5) is 10.1 Å². The Bertz CT molecular complexity index is 613. The summed E-state index contributed by atoms with van der Waals surface area (Å²) in [6.07, 6.45) is 0. The lowest BCUT2D eigenvalue weighted by Gasteiger charge is -2.09. The number of hydrogen-bond donors (Lipinski definition) is 3. The van der Waals surface area contributed by atoms with Gasteiger partial charge in [0.1, 0.15) is 11.6 Å². The maximum atomic E-state index is 13.2. The first-order valence-electron chi connectivity index (χ1n) is 5.61. The molecular formula is C14H12FNO3. The van der Waals surface area contributed by atoms with E-state index in [2.05, 4.69) is 5.32 Å². The van der Waals surface area contributed by atoms with Crippen molar-refractivity contribution in [3.05, 3.63) is 59.4 Å². The number of carboxylic acids is 1. The number of carbonyl (C=O) groups is 1. The molecule has 0 heterocycles. The van der Waals surface area contributed by atoms with Crippen molar-refractivity contribution in [2.24, 2.45) is 0 Å². The van der Waals surface area contributed by atoms with Crippen LogP contribution in [0.3, 0.4) is 0 Å². The van der Waals surface area contributed by atoms with Crippen LogP contribution in [0.25, 0.3) is 0 Å². The lowest BCUT2D eigenvalue weighted by atomic mass is 10.1. The first-order valence-corrected chi connectivity index (χ1v) is 5.61. The van der Waals surface area contributed by atoms with Crippen LogP contribution in [0.1, 0.15) is 15.9 Å². The number of aromatic carboxylic acids is 1. The van der Waals surface area contributed by atoms with Crippen LogP contribution in [0.15, 0.2) is 42.5 Å². The zero-order chi connectivity index (χ0) is 13.8. The molecule has 0 fully saturated rings. The molecule has 0 radical (unpaired) electrons. The van der Waals surface area contributed by atoms with Crippen LogP contribution < -0.4 is 5.32 Å². The van der Waals surface area contributed by atoms with Gasteiger partial charge in [0.2, 0.25) is 0 Å². The van der Waals surface area contributed by atoms with Gasteiger partial charge >= 0.3 is 5.97 Å². The Morgan fingerprint density at radius 3 is 2.63 bits per heavy atom. The van der Waals surface area contributed by atoms with Crippen molar-refractivity contribution >= 4 is 11.7 Å². The highest BCUT2D eigenvalue weighted by molar-refractivity contribution is 5.89. The van der Waals surface area contributed by atoms with Gasteiger partial charge in [-0.1, -0.05) is 18.2 Å². The summed E-state index contributed by atoms with van der Waals surface area (Å²) >= 11 is 0. The van der Waals surface area contributed by atoms with Gasteiger partial charge in [0.25, 0.3) is 0 Å². The number of phenols is 1. The first kappa shape index (κ1) is 12.9. The summed E-state index contributed by atoms with van der Waals surface area (Å²) in [5.41, 5.74) is 0.757. The monoisotopic (exact) mass is 261 g/mol. The van der Waals surface area contributed by atoms with Gasteiger partial charge in [-0.3, -0.25) is 0 Å². The standard InChI is InChI=1S/C14H12FNO3/c15-12-6-5-10(7-11(12)14(18)19)16-8-9-3-1-2-4-13(9)17/h1-7,16-17H,8H2,(H,18,19). The molecule has 0 atom stereocenters. The largest absolute Gasteiger partial charge is 0.508 e. The van der Waals surface area contributed by atoms with E-state index < -0.39 is 11.8 Å². The van der Waals surface area contributed by atoms with Crippen LogP contribution in [-0.2, 0) is 6.54 Å². The van der Waals surface area contributed by atoms with Gasteiger partial charge in [-0.05, 0) is 24.3 Å². The number of para-hydroxylation sites is 1. The van der Waals surface area contributed by atoms with Gasteiger partial charge in [-0.15, -0.1) is 0 Å². The van der Waals surface area contributed by atoms with Gasteiger partial charge < -0.3 is 15.5 Å². The van der Waals surface area contributed by atoms with Gasteiger partial charge in [0.15, 0.2) is 0 Å². The Labute approximate surface area is 109 Å². The van der Waals surface area contributed by atoms with E-state index in [1.807, 2.05) is 0 Å². The normalized spacial score (nSPS) is 10.2. The van der Waals surface area contributed by atoms with Gasteiger partial charge in [0, 0.05) is 17.8 Å². The zero-order valence-corrected chi connectivity index (χ0v) is 9.93. The number of hydrogen-bond acceptors (Lipinski definition) is 3. The number of benzene rings is 2. The molecule has 4 nitrogen and oxygen atoms in total. The number of rotatable bonds is 4. The Hall–Kier alpha value is -2.56. The van der Waals surface area contributed by atoms with Crippen LogP contribution in [-0.4, -0.2) is 16.2 Å². The third-order valence-electron chi connectivity index (χ3n) is 2.67. The molecule has 0 aromatic heterocycles. The van der Waals surface area contributed by atoms with E-state index in [0.717, 1.165) is 6.07 Å². The minimum Gasteiger partial charge on any atom is -0.508 e. The van der Waals surface area contributed by atoms with Crippen LogP contribution >= 0.6 is 0 Å². The molecule has 0 aliphatic rings. The van der Waals surface area contributed by atoms with E-state index in [0.29, 0.717) is 17.8 Å². The molecule has 0 saturated carbocycles. The number of nitrogens with one attached hydrogen (secondary N) is 1. The van der Waals surface area contributed by atoms with E-state index in [4.69, 9.17) is 5.11 Å². The predicted octanol–water partition coefficient (Wildman–Crippen LogP) is 2.84. The third kappa shape index (κ3) is 3.01. The number of anilines is 1. The summed E-state index contributed by atoms with van der Waals surface area (Å²) < 4.78 is 13.2. The fraction of sp³-hybridized carbons (Fsp3) is 0.0714. The topological polar surface area (TPSA) is 69.6 Å². The molecule has 0 aliphatic heterocycles. The maximum Gasteiger partial charge on any atom is 0.338 e. The summed E-state index contributed by atoms with van der Waals surface area (Å²) in [7, 11) is 0. The molecule has 19 heavy (non-hydrogen) atoms. The molecule has 2 aromatic carbocycles. The summed E-state index contributed by atoms with van der Waals surface area (Å²) in [4.78, 5) is 10.8. The van der Waals surface area contributed by atoms with Crippen LogP contribution in [0, 0.1) is 5.82 Å². The van der Waals surface area contributed by atoms with Gasteiger partial charge in [0.05, 0.1) is 5.56 Å². The van der Waals surface area contributed by atoms with Crippen molar-refractivity contribution < 1.29 is 19.4 Å². The Morgan fingerprint density at radius 1 is 1.21 bits per heavy atom. The summed E-state index contributed by atoms with van der Waals surface area (Å²) in [5.74, 6) is -1.94. The van der Waals surface area contributed by atoms with Crippen LogP contribution in [0.5, 0.6) is 5.75 Å². The van der Waals surface area contributed by atoms with Gasteiger partial charge in [-0.25, -0.2) is 9.18 Å². The van der Waals surface area contributed by atoms with E-state index in [1.165, 1.54) is 12.1 Å². The molecule has 0 aliphatic carbocycles. The molecular weight excluding hydrogens is 249 g/mol. The molecule has 0 bridgehead atoms. The molecule has 5 heteroatoms. The maximum absolute atomic E-state index is 13.2. The highest BCUT2D eigenvalue weighted by Gasteiger charge is 2.10. The van der Waals surface area contributed by atoms with Crippen molar-refractivity contribution in [2.45, 2.75) is 6.54 Å². The second-order valence-corrected chi connectivity index (χ2v) is 3.98. The summed E-state index contributed by atoms with van der Waals surface area (Å²) in [6, 6.07) is 10.5. The van der Waals surface area contributed by atoms with E-state index in [-0.39, 0.29) is 11.3 Å². The minimum absolute atomic E-state index is 0.149. The van der Waals surface area contributed by atoms with Crippen molar-refractivity contribution in [1.29, 1.82) is 0 Å². The Morgan fingerprint density at radius 2 is 1.95 bits per heavy atom. The zero-order valence-electron chi connectivity index (χ0n) is 9.93. The van der Waals surface area contributed by atoms with Crippen molar-refractivity contribution in [3.8, 4) is 5.75 Å². The smallest absolute Gasteiger partial charge is 0.338 e. The number of carboxylic acid groups (broad SMARTS) is 1. The number of phenolic OH excluding ortho intramolecular Hbond substituents is 1. The molecule has 2 rings (SSSR count). The van der Waals surface area contributed by atoms with Crippen molar-refractivity contribution in [2.75, 3.05) is 5.32 Å². The lowest BCUT2D eigenvalue weighted by molar-refractivity contribution is 0.0692. The molecule has 0 spiro atoms. The third-order valence-corrected chi connectivity index (χ3v) is 2.67. The molecule has 0 saturated heterocycles. The highest BCUT2D eigenvalue weighted by atomic mass is 19.1. The quantitative estimate of drug-likeness (QED) is 0.791. The molecule has 2 aromatic rings. The highest BCUT2D eigenvalue weighted by Crippen LogP contribution is 2.19. The number of aromatic hydroxyl groups is 1. The SMILES string of the molecule is O=C(O)c1cc(NCc2ccccc2O)ccc1F. The fourth-order valence-corrected chi connectivity index (χ4v) is 1.66.